The number of nitrogens with two attached hydrogens (primary N) is 4. The molecule has 0 fully saturated rings. The Hall–Kier alpha value is -9.99. The first-order valence-corrected chi connectivity index (χ1v) is 34.1. The van der Waals surface area contributed by atoms with Crippen molar-refractivity contribution in [1.29, 1.82) is 0 Å². The van der Waals surface area contributed by atoms with Gasteiger partial charge in [0, 0.05) is 19.8 Å². The third kappa shape index (κ3) is 32.1. The number of aromatic hydroxyl groups is 2. The van der Waals surface area contributed by atoms with Gasteiger partial charge in [0.2, 0.25) is 82.7 Å². The van der Waals surface area contributed by atoms with Gasteiger partial charge in [-0.25, -0.2) is 0 Å². The highest BCUT2D eigenvalue weighted by atomic mass is 16.4. The van der Waals surface area contributed by atoms with Gasteiger partial charge in [0.1, 0.15) is 78.0 Å². The molecular formula is C68H108N16O18. The molecule has 2 rings (SSSR count). The van der Waals surface area contributed by atoms with Crippen molar-refractivity contribution < 1.29 is 87.2 Å². The lowest BCUT2D eigenvalue weighted by molar-refractivity contribution is -0.142. The number of carboxylic acids is 1. The minimum atomic E-state index is -1.91. The molecule has 0 aromatic heterocycles. The molecule has 11 atom stereocenters. The van der Waals surface area contributed by atoms with E-state index in [2.05, 4.69) is 63.8 Å². The van der Waals surface area contributed by atoms with Gasteiger partial charge in [0.05, 0.1) is 19.4 Å². The number of nitrogens with one attached hydrogen (secondary N) is 12. The molecule has 0 heterocycles. The molecule has 0 saturated carbocycles. The lowest BCUT2D eigenvalue weighted by atomic mass is 9.98. The van der Waals surface area contributed by atoms with Crippen molar-refractivity contribution in [2.24, 2.45) is 52.5 Å². The molecule has 2 aromatic carbocycles. The second-order valence-electron chi connectivity index (χ2n) is 26.9. The zero-order chi connectivity index (χ0) is 77.2. The van der Waals surface area contributed by atoms with Gasteiger partial charge >= 0.3 is 5.97 Å². The number of hydrogen-bond donors (Lipinski definition) is 19. The number of rotatable bonds is 46. The summed E-state index contributed by atoms with van der Waals surface area (Å²) in [6, 6.07) is -4.61. The minimum Gasteiger partial charge on any atom is -0.508 e. The predicted octanol–water partition coefficient (Wildman–Crippen LogP) is -2.88. The maximum absolute atomic E-state index is 14.5. The average molecular weight is 1440 g/mol. The van der Waals surface area contributed by atoms with Crippen molar-refractivity contribution >= 4 is 88.7 Å². The highest BCUT2D eigenvalue weighted by molar-refractivity contribution is 6.00. The lowest BCUT2D eigenvalue weighted by Gasteiger charge is -2.30. The van der Waals surface area contributed by atoms with Crippen LogP contribution in [0.4, 0.5) is 0 Å². The summed E-state index contributed by atoms with van der Waals surface area (Å²) in [5.74, 6) is -17.3. The van der Waals surface area contributed by atoms with E-state index in [1.54, 1.807) is 27.7 Å². The third-order valence-electron chi connectivity index (χ3n) is 16.1. The normalized spacial score (nSPS) is 14.5. The van der Waals surface area contributed by atoms with Gasteiger partial charge in [-0.15, -0.1) is 0 Å². The fraction of sp³-hybridized carbons (Fsp3) is 0.603. The van der Waals surface area contributed by atoms with E-state index in [0.717, 1.165) is 6.92 Å². The molecule has 34 heteroatoms. The molecule has 0 spiro atoms. The number of primary amides is 2. The SMILES string of the molecule is CC(=O)N[C@@H](CC(N)=O)C(=O)N[C@@H](CCCCN)C(=O)N[C@H](C(=O)N[C@@H](CC(=O)O)C(=O)N[C@H](C(=O)N[C@@H](Cc1ccc(O)cc1)C(=O)NCC(=O)N[C@@H](Cc1ccc(O)cc1)C(=O)N[C@H](C(=O)N[C@H](C(=O)N[C@@H](CCCCN)C(=O)N[C@@H](CC(C)C)C(N)=O)C(C)C)C(C)C)C(C)C)C(C)C. The summed E-state index contributed by atoms with van der Waals surface area (Å²) in [5, 5.41) is 60.4. The van der Waals surface area contributed by atoms with Crippen LogP contribution in [0, 0.1) is 29.6 Å². The number of hydrogen-bond acceptors (Lipinski definition) is 19. The molecule has 34 nitrogen and oxygen atoms in total. The highest BCUT2D eigenvalue weighted by Crippen LogP contribution is 2.17. The summed E-state index contributed by atoms with van der Waals surface area (Å²) in [7, 11) is 0. The summed E-state index contributed by atoms with van der Waals surface area (Å²) in [5.41, 5.74) is 23.1. The first-order chi connectivity index (χ1) is 47.8. The van der Waals surface area contributed by atoms with Crippen LogP contribution in [0.2, 0.25) is 0 Å². The van der Waals surface area contributed by atoms with Crippen LogP contribution in [0.25, 0.3) is 0 Å². The van der Waals surface area contributed by atoms with Crippen LogP contribution in [0.5, 0.6) is 11.5 Å². The van der Waals surface area contributed by atoms with Gasteiger partial charge in [-0.3, -0.25) is 71.9 Å². The number of benzene rings is 2. The van der Waals surface area contributed by atoms with E-state index >= 15 is 0 Å². The van der Waals surface area contributed by atoms with Crippen LogP contribution in [-0.4, -0.2) is 190 Å². The standard InChI is InChI=1S/C68H108N16O18/c1-34(2)28-46(58(72)92)78-60(94)44(16-12-14-26-69)77-65(99)56(37(7)8)84-68(102)57(38(9)10)83-63(97)48(30-41-20-24-43(87)25-21-41)75-52(89)33-73-59(93)47(29-40-18-22-42(86)23-19-40)79-66(100)55(36(5)6)82-64(98)50(32-53(90)91)80-67(101)54(35(3)4)81-61(95)45(17-13-15-27-70)76-62(96)49(31-51(71)88)74-39(11)85/h18-25,34-38,44-50,54-57,86-87H,12-17,26-33,69-70H2,1-11H3,(H2,71,88)(H2,72,92)(H,73,93)(H,74,85)(H,75,89)(H,76,96)(H,77,99)(H,78,94)(H,79,100)(H,80,101)(H,81,95)(H,82,98)(H,83,97)(H,84,102)(H,90,91)/t44-,45-,46-,47-,48-,49-,50-,54-,55-,56-,57-/m0/s1. The molecule has 568 valence electrons. The Bertz CT molecular complexity index is 3170. The number of aliphatic carboxylic acids is 1. The van der Waals surface area contributed by atoms with Crippen molar-refractivity contribution in [2.45, 2.75) is 213 Å². The number of amides is 14. The smallest absolute Gasteiger partial charge is 0.305 e. The predicted molar refractivity (Wildman–Crippen MR) is 373 cm³/mol. The van der Waals surface area contributed by atoms with Gasteiger partial charge in [0.25, 0.3) is 0 Å². The van der Waals surface area contributed by atoms with Crippen LogP contribution in [0.3, 0.4) is 0 Å². The largest absolute Gasteiger partial charge is 0.508 e. The fourth-order valence-corrected chi connectivity index (χ4v) is 10.4. The van der Waals surface area contributed by atoms with Crippen molar-refractivity contribution in [1.82, 2.24) is 63.8 Å². The molecule has 23 N–H and O–H groups in total. The van der Waals surface area contributed by atoms with Gasteiger partial charge < -0.3 is 102 Å². The van der Waals surface area contributed by atoms with Crippen LogP contribution in [0.15, 0.2) is 48.5 Å². The maximum Gasteiger partial charge on any atom is 0.305 e. The monoisotopic (exact) mass is 1440 g/mol. The number of carbonyl (C=O) groups is 15. The van der Waals surface area contributed by atoms with Crippen LogP contribution >= 0.6 is 0 Å². The average Bonchev–Trinajstić information content (AvgIpc) is 0.827. The quantitative estimate of drug-likeness (QED) is 0.0296. The first-order valence-electron chi connectivity index (χ1n) is 34.1. The Labute approximate surface area is 594 Å². The second-order valence-corrected chi connectivity index (χ2v) is 26.9. The van der Waals surface area contributed by atoms with Crippen LogP contribution < -0.4 is 86.7 Å². The second kappa shape index (κ2) is 44.3. The van der Waals surface area contributed by atoms with Crippen molar-refractivity contribution in [3.8, 4) is 11.5 Å². The van der Waals surface area contributed by atoms with Crippen molar-refractivity contribution in [2.75, 3.05) is 19.6 Å². The number of carboxylic acid groups (broad SMARTS) is 1. The summed E-state index contributed by atoms with van der Waals surface area (Å²) >= 11 is 0. The summed E-state index contributed by atoms with van der Waals surface area (Å²) < 4.78 is 0. The van der Waals surface area contributed by atoms with Gasteiger partial charge in [0.15, 0.2) is 0 Å². The number of phenolic OH excluding ortho intramolecular Hbond substituents is 2. The molecule has 102 heavy (non-hydrogen) atoms. The lowest BCUT2D eigenvalue weighted by Crippen LogP contribution is -2.61. The first kappa shape index (κ1) is 88.1. The van der Waals surface area contributed by atoms with E-state index in [0.29, 0.717) is 36.9 Å². The zero-order valence-corrected chi connectivity index (χ0v) is 60.0. The molecule has 0 unspecified atom stereocenters. The number of unbranched alkanes of at least 4 members (excludes halogenated alkanes) is 2. The molecule has 0 radical (unpaired) electrons. The Morgan fingerprint density at radius 1 is 0.382 bits per heavy atom. The van der Waals surface area contributed by atoms with Crippen LogP contribution in [0.1, 0.15) is 145 Å². The van der Waals surface area contributed by atoms with Gasteiger partial charge in [-0.1, -0.05) is 93.5 Å². The van der Waals surface area contributed by atoms with Crippen LogP contribution in [-0.2, 0) is 84.8 Å². The van der Waals surface area contributed by atoms with E-state index < -0.39 is 198 Å². The molecule has 0 aliphatic carbocycles. The van der Waals surface area contributed by atoms with E-state index in [1.807, 2.05) is 13.8 Å². The molecule has 0 aliphatic rings. The Morgan fingerprint density at radius 2 is 0.706 bits per heavy atom. The summed E-state index contributed by atoms with van der Waals surface area (Å²) in [6.45, 7) is 17.0. The zero-order valence-electron chi connectivity index (χ0n) is 60.0. The topological polar surface area (TPSA) is 565 Å². The molecule has 0 aliphatic heterocycles. The minimum absolute atomic E-state index is 0.0220. The Kier molecular flexibility index (Phi) is 38.3. The van der Waals surface area contributed by atoms with Crippen molar-refractivity contribution in [3.05, 3.63) is 59.7 Å². The Balaban J connectivity index is 2.47. The summed E-state index contributed by atoms with van der Waals surface area (Å²) in [6.07, 6.45) is -0.276. The highest BCUT2D eigenvalue weighted by Gasteiger charge is 2.39. The van der Waals surface area contributed by atoms with Gasteiger partial charge in [-0.2, -0.15) is 0 Å². The molecule has 2 aromatic rings. The third-order valence-corrected chi connectivity index (χ3v) is 16.1. The number of phenols is 2. The van der Waals surface area contributed by atoms with E-state index in [1.165, 1.54) is 76.2 Å². The molecule has 0 bridgehead atoms. The number of carbonyl (C=O) groups excluding carboxylic acids is 14. The molecular weight excluding hydrogens is 1330 g/mol. The molecule has 0 saturated heterocycles. The van der Waals surface area contributed by atoms with E-state index in [-0.39, 0.29) is 62.5 Å². The van der Waals surface area contributed by atoms with E-state index in [9.17, 15) is 87.2 Å². The van der Waals surface area contributed by atoms with Crippen molar-refractivity contribution in [3.63, 3.8) is 0 Å². The fourth-order valence-electron chi connectivity index (χ4n) is 10.4. The Morgan fingerprint density at radius 3 is 1.08 bits per heavy atom. The van der Waals surface area contributed by atoms with Gasteiger partial charge in [-0.05, 0) is 123 Å². The van der Waals surface area contributed by atoms with E-state index in [4.69, 9.17) is 22.9 Å². The maximum atomic E-state index is 14.5. The summed E-state index contributed by atoms with van der Waals surface area (Å²) in [4.78, 5) is 203. The molecule has 14 amide bonds.